The molecule has 1 heterocycles. The summed E-state index contributed by atoms with van der Waals surface area (Å²) in [5.41, 5.74) is 1.72. The monoisotopic (exact) mass is 422 g/mol. The van der Waals surface area contributed by atoms with Crippen molar-refractivity contribution in [1.82, 2.24) is 10.0 Å². The molecule has 1 aliphatic heterocycles. The molecule has 0 spiro atoms. The van der Waals surface area contributed by atoms with Gasteiger partial charge in [-0.05, 0) is 68.7 Å². The van der Waals surface area contributed by atoms with Gasteiger partial charge in [-0.3, -0.25) is 4.79 Å². The topological polar surface area (TPSA) is 75.3 Å². The maximum absolute atomic E-state index is 13.7. The molecule has 150 valence electrons. The third kappa shape index (κ3) is 4.56. The molecule has 0 fully saturated rings. The highest BCUT2D eigenvalue weighted by Crippen LogP contribution is 2.36. The summed E-state index contributed by atoms with van der Waals surface area (Å²) in [6.45, 7) is 5.22. The van der Waals surface area contributed by atoms with Gasteiger partial charge in [0.15, 0.2) is 0 Å². The molecule has 2 aromatic rings. The van der Waals surface area contributed by atoms with Crippen LogP contribution in [0.1, 0.15) is 47.8 Å². The summed E-state index contributed by atoms with van der Waals surface area (Å²) in [7, 11) is -3.70. The van der Waals surface area contributed by atoms with E-state index in [1.807, 2.05) is 0 Å². The lowest BCUT2D eigenvalue weighted by atomic mass is 10.0. The Morgan fingerprint density at radius 1 is 1.21 bits per heavy atom. The van der Waals surface area contributed by atoms with Crippen LogP contribution in [0, 0.1) is 12.7 Å². The molecule has 0 saturated heterocycles. The van der Waals surface area contributed by atoms with Crippen LogP contribution >= 0.6 is 11.8 Å². The quantitative estimate of drug-likeness (QED) is 0.769. The SMILES string of the molecule is Cc1ccc(S(=O)(=O)NC(C)C)cc1C(=O)NC1CCSc2ccc(F)cc21. The van der Waals surface area contributed by atoms with E-state index >= 15 is 0 Å². The largest absolute Gasteiger partial charge is 0.345 e. The number of carbonyl (C=O) groups is 1. The molecule has 1 aliphatic rings. The van der Waals surface area contributed by atoms with Gasteiger partial charge in [0, 0.05) is 22.3 Å². The predicted octanol–water partition coefficient (Wildman–Crippen LogP) is 3.79. The van der Waals surface area contributed by atoms with Gasteiger partial charge in [0.05, 0.1) is 10.9 Å². The first-order chi connectivity index (χ1) is 13.2. The van der Waals surface area contributed by atoms with Gasteiger partial charge in [0.2, 0.25) is 10.0 Å². The average molecular weight is 423 g/mol. The number of fused-ring (bicyclic) bond motifs is 1. The molecular formula is C20H23FN2O3S2. The summed E-state index contributed by atoms with van der Waals surface area (Å²) in [5.74, 6) is 0.102. The van der Waals surface area contributed by atoms with Crippen molar-refractivity contribution >= 4 is 27.7 Å². The van der Waals surface area contributed by atoms with Crippen LogP contribution in [0.3, 0.4) is 0 Å². The Morgan fingerprint density at radius 2 is 1.96 bits per heavy atom. The number of rotatable bonds is 5. The Balaban J connectivity index is 1.88. The van der Waals surface area contributed by atoms with Crippen molar-refractivity contribution < 1.29 is 17.6 Å². The fraction of sp³-hybridized carbons (Fsp3) is 0.350. The summed E-state index contributed by atoms with van der Waals surface area (Å²) in [6.07, 6.45) is 0.679. The zero-order chi connectivity index (χ0) is 20.5. The van der Waals surface area contributed by atoms with Gasteiger partial charge >= 0.3 is 0 Å². The number of sulfonamides is 1. The van der Waals surface area contributed by atoms with Crippen LogP contribution in [0.15, 0.2) is 46.2 Å². The molecule has 0 aliphatic carbocycles. The van der Waals surface area contributed by atoms with Gasteiger partial charge in [-0.25, -0.2) is 17.5 Å². The Bertz CT molecular complexity index is 1010. The van der Waals surface area contributed by atoms with Crippen LogP contribution in [0.4, 0.5) is 4.39 Å². The number of aryl methyl sites for hydroxylation is 1. The van der Waals surface area contributed by atoms with E-state index in [0.29, 0.717) is 17.5 Å². The minimum Gasteiger partial charge on any atom is -0.345 e. The van der Waals surface area contributed by atoms with E-state index in [1.54, 1.807) is 44.7 Å². The lowest BCUT2D eigenvalue weighted by Gasteiger charge is -2.26. The van der Waals surface area contributed by atoms with Crippen molar-refractivity contribution in [1.29, 1.82) is 0 Å². The number of carbonyl (C=O) groups excluding carboxylic acids is 1. The molecule has 1 unspecified atom stereocenters. The van der Waals surface area contributed by atoms with Crippen LogP contribution < -0.4 is 10.0 Å². The van der Waals surface area contributed by atoms with Gasteiger partial charge in [-0.15, -0.1) is 11.8 Å². The second-order valence-electron chi connectivity index (χ2n) is 7.10. The molecular weight excluding hydrogens is 399 g/mol. The number of halogens is 1. The molecule has 2 aromatic carbocycles. The molecule has 0 radical (unpaired) electrons. The highest BCUT2D eigenvalue weighted by Gasteiger charge is 2.25. The van der Waals surface area contributed by atoms with Crippen molar-refractivity contribution in [2.45, 2.75) is 49.1 Å². The van der Waals surface area contributed by atoms with Crippen LogP contribution in [-0.4, -0.2) is 26.1 Å². The van der Waals surface area contributed by atoms with E-state index in [2.05, 4.69) is 10.0 Å². The number of thioether (sulfide) groups is 1. The van der Waals surface area contributed by atoms with E-state index in [9.17, 15) is 17.6 Å². The highest BCUT2D eigenvalue weighted by atomic mass is 32.2. The summed E-state index contributed by atoms with van der Waals surface area (Å²) < 4.78 is 41.1. The maximum atomic E-state index is 13.7. The normalized spacial score (nSPS) is 16.7. The number of benzene rings is 2. The van der Waals surface area contributed by atoms with Crippen molar-refractivity contribution in [2.75, 3.05) is 5.75 Å². The summed E-state index contributed by atoms with van der Waals surface area (Å²) >= 11 is 1.63. The van der Waals surface area contributed by atoms with E-state index < -0.39 is 10.0 Å². The van der Waals surface area contributed by atoms with E-state index in [4.69, 9.17) is 0 Å². The van der Waals surface area contributed by atoms with E-state index in [1.165, 1.54) is 24.3 Å². The summed E-state index contributed by atoms with van der Waals surface area (Å²) in [5, 5.41) is 2.94. The number of hydrogen-bond donors (Lipinski definition) is 2. The van der Waals surface area contributed by atoms with Crippen LogP contribution in [0.5, 0.6) is 0 Å². The zero-order valence-corrected chi connectivity index (χ0v) is 17.6. The molecule has 3 rings (SSSR count). The Labute approximate surface area is 169 Å². The van der Waals surface area contributed by atoms with Gasteiger partial charge in [-0.1, -0.05) is 6.07 Å². The van der Waals surface area contributed by atoms with Gasteiger partial charge in [0.1, 0.15) is 5.82 Å². The van der Waals surface area contributed by atoms with Crippen LogP contribution in [0.25, 0.3) is 0 Å². The lowest BCUT2D eigenvalue weighted by Crippen LogP contribution is -2.32. The van der Waals surface area contributed by atoms with E-state index in [0.717, 1.165) is 16.2 Å². The fourth-order valence-electron chi connectivity index (χ4n) is 3.14. The molecule has 8 heteroatoms. The zero-order valence-electron chi connectivity index (χ0n) is 16.0. The third-order valence-electron chi connectivity index (χ3n) is 4.47. The van der Waals surface area contributed by atoms with Gasteiger partial charge in [-0.2, -0.15) is 0 Å². The van der Waals surface area contributed by atoms with Gasteiger partial charge < -0.3 is 5.32 Å². The van der Waals surface area contributed by atoms with Crippen LogP contribution in [0.2, 0.25) is 0 Å². The van der Waals surface area contributed by atoms with Gasteiger partial charge in [0.25, 0.3) is 5.91 Å². The maximum Gasteiger partial charge on any atom is 0.252 e. The molecule has 0 saturated carbocycles. The molecule has 1 amide bonds. The number of amides is 1. The van der Waals surface area contributed by atoms with E-state index in [-0.39, 0.29) is 28.7 Å². The minimum absolute atomic E-state index is 0.0441. The molecule has 1 atom stereocenters. The highest BCUT2D eigenvalue weighted by molar-refractivity contribution is 7.99. The van der Waals surface area contributed by atoms with Crippen molar-refractivity contribution in [3.05, 3.63) is 58.9 Å². The first kappa shape index (κ1) is 20.8. The fourth-order valence-corrected chi connectivity index (χ4v) is 5.52. The summed E-state index contributed by atoms with van der Waals surface area (Å²) in [6, 6.07) is 8.52. The third-order valence-corrected chi connectivity index (χ3v) is 7.25. The molecule has 0 bridgehead atoms. The molecule has 5 nitrogen and oxygen atoms in total. The molecule has 0 aromatic heterocycles. The number of hydrogen-bond acceptors (Lipinski definition) is 4. The summed E-state index contributed by atoms with van der Waals surface area (Å²) in [4.78, 5) is 13.9. The first-order valence-electron chi connectivity index (χ1n) is 9.03. The second-order valence-corrected chi connectivity index (χ2v) is 9.95. The van der Waals surface area contributed by atoms with Crippen molar-refractivity contribution in [3.8, 4) is 0 Å². The predicted molar refractivity (Wildman–Crippen MR) is 109 cm³/mol. The Hall–Kier alpha value is -1.90. The lowest BCUT2D eigenvalue weighted by molar-refractivity contribution is 0.0934. The van der Waals surface area contributed by atoms with Crippen LogP contribution in [-0.2, 0) is 10.0 Å². The second kappa shape index (κ2) is 8.23. The van der Waals surface area contributed by atoms with Crippen molar-refractivity contribution in [2.24, 2.45) is 0 Å². The number of nitrogens with one attached hydrogen (secondary N) is 2. The molecule has 2 N–H and O–H groups in total. The Kier molecular flexibility index (Phi) is 6.12. The minimum atomic E-state index is -3.70. The smallest absolute Gasteiger partial charge is 0.252 e. The Morgan fingerprint density at radius 3 is 2.68 bits per heavy atom. The standard InChI is InChI=1S/C20H23FN2O3S2/c1-12(2)23-28(25,26)15-6-4-13(3)16(11-15)20(24)22-18-8-9-27-19-7-5-14(21)10-17(18)19/h4-7,10-12,18,23H,8-9H2,1-3H3,(H,22,24). The first-order valence-corrected chi connectivity index (χ1v) is 11.5. The van der Waals surface area contributed by atoms with Crippen molar-refractivity contribution in [3.63, 3.8) is 0 Å². The molecule has 28 heavy (non-hydrogen) atoms. The average Bonchev–Trinajstić information content (AvgIpc) is 2.61.